The van der Waals surface area contributed by atoms with Gasteiger partial charge < -0.3 is 10.4 Å². The van der Waals surface area contributed by atoms with Crippen molar-refractivity contribution in [1.29, 1.82) is 0 Å². The minimum absolute atomic E-state index is 0.0619. The first kappa shape index (κ1) is 14.6. The van der Waals surface area contributed by atoms with Crippen LogP contribution in [-0.4, -0.2) is 24.2 Å². The fourth-order valence-electron chi connectivity index (χ4n) is 3.78. The number of hydrogen-bond acceptors (Lipinski definition) is 2. The molecule has 0 aromatic heterocycles. The normalized spacial score (nSPS) is 19.5. The van der Waals surface area contributed by atoms with Gasteiger partial charge in [-0.25, -0.2) is 0 Å². The smallest absolute Gasteiger partial charge is 0.224 e. The first-order valence-corrected chi connectivity index (χ1v) is 8.19. The average Bonchev–Trinajstić information content (AvgIpc) is 3.14. The Balaban J connectivity index is 1.54. The lowest BCUT2D eigenvalue weighted by Crippen LogP contribution is -2.38. The molecule has 1 amide bonds. The van der Waals surface area contributed by atoms with Gasteiger partial charge in [0.05, 0.1) is 13.0 Å². The Bertz CT molecular complexity index is 518. The van der Waals surface area contributed by atoms with Crippen molar-refractivity contribution >= 4 is 5.91 Å². The Labute approximate surface area is 126 Å². The number of aryl methyl sites for hydroxylation is 2. The third-order valence-electron chi connectivity index (χ3n) is 5.19. The molecule has 2 aliphatic rings. The second-order valence-corrected chi connectivity index (χ2v) is 6.78. The van der Waals surface area contributed by atoms with Crippen LogP contribution in [0.25, 0.3) is 0 Å². The molecule has 2 N–H and O–H groups in total. The van der Waals surface area contributed by atoms with Crippen molar-refractivity contribution in [2.24, 2.45) is 5.41 Å². The van der Waals surface area contributed by atoms with Gasteiger partial charge in [0.25, 0.3) is 0 Å². The molecule has 0 heterocycles. The van der Waals surface area contributed by atoms with E-state index in [-0.39, 0.29) is 17.9 Å². The van der Waals surface area contributed by atoms with Gasteiger partial charge in [-0.1, -0.05) is 31.0 Å². The number of aliphatic hydroxyl groups is 1. The van der Waals surface area contributed by atoms with Crippen LogP contribution in [0.15, 0.2) is 18.2 Å². The van der Waals surface area contributed by atoms with Crippen LogP contribution in [0, 0.1) is 5.41 Å². The van der Waals surface area contributed by atoms with E-state index in [1.165, 1.54) is 36.8 Å². The zero-order valence-corrected chi connectivity index (χ0v) is 12.7. The maximum atomic E-state index is 12.1. The van der Waals surface area contributed by atoms with Gasteiger partial charge in [-0.2, -0.15) is 0 Å². The van der Waals surface area contributed by atoms with E-state index in [0.29, 0.717) is 13.0 Å². The van der Waals surface area contributed by atoms with Crippen LogP contribution in [-0.2, 0) is 24.1 Å². The molecule has 1 saturated carbocycles. The molecule has 0 radical (unpaired) electrons. The Morgan fingerprint density at radius 1 is 1.14 bits per heavy atom. The van der Waals surface area contributed by atoms with E-state index in [2.05, 4.69) is 23.5 Å². The van der Waals surface area contributed by atoms with Gasteiger partial charge in [0.2, 0.25) is 5.91 Å². The molecule has 3 nitrogen and oxygen atoms in total. The van der Waals surface area contributed by atoms with Crippen LogP contribution in [0.3, 0.4) is 0 Å². The Morgan fingerprint density at radius 3 is 2.67 bits per heavy atom. The zero-order chi connectivity index (χ0) is 14.7. The largest absolute Gasteiger partial charge is 0.396 e. The lowest BCUT2D eigenvalue weighted by Gasteiger charge is -2.26. The van der Waals surface area contributed by atoms with E-state index >= 15 is 0 Å². The molecule has 0 spiro atoms. The molecule has 0 unspecified atom stereocenters. The first-order chi connectivity index (χ1) is 10.2. The fraction of sp³-hybridized carbons (Fsp3) is 0.611. The van der Waals surface area contributed by atoms with E-state index in [1.54, 1.807) is 0 Å². The molecular weight excluding hydrogens is 262 g/mol. The Kier molecular flexibility index (Phi) is 4.29. The molecule has 0 saturated heterocycles. The van der Waals surface area contributed by atoms with Gasteiger partial charge in [-0.15, -0.1) is 0 Å². The summed E-state index contributed by atoms with van der Waals surface area (Å²) < 4.78 is 0. The monoisotopic (exact) mass is 287 g/mol. The number of amides is 1. The third-order valence-corrected chi connectivity index (χ3v) is 5.19. The van der Waals surface area contributed by atoms with Crippen LogP contribution in [0.1, 0.15) is 48.8 Å². The van der Waals surface area contributed by atoms with Gasteiger partial charge in [0, 0.05) is 12.0 Å². The van der Waals surface area contributed by atoms with Crippen molar-refractivity contribution in [2.75, 3.05) is 13.2 Å². The molecule has 3 rings (SSSR count). The summed E-state index contributed by atoms with van der Waals surface area (Å²) >= 11 is 0. The first-order valence-electron chi connectivity index (χ1n) is 8.19. The van der Waals surface area contributed by atoms with Gasteiger partial charge in [-0.3, -0.25) is 4.79 Å². The number of hydrogen-bond donors (Lipinski definition) is 2. The summed E-state index contributed by atoms with van der Waals surface area (Å²) in [4.78, 5) is 12.1. The van der Waals surface area contributed by atoms with E-state index in [4.69, 9.17) is 0 Å². The summed E-state index contributed by atoms with van der Waals surface area (Å²) in [6, 6.07) is 6.46. The van der Waals surface area contributed by atoms with Crippen LogP contribution >= 0.6 is 0 Å². The van der Waals surface area contributed by atoms with Crippen LogP contribution < -0.4 is 5.32 Å². The number of aliphatic hydroxyl groups excluding tert-OH is 1. The highest BCUT2D eigenvalue weighted by molar-refractivity contribution is 5.78. The topological polar surface area (TPSA) is 49.3 Å². The molecule has 1 aromatic carbocycles. The van der Waals surface area contributed by atoms with Crippen molar-refractivity contribution in [1.82, 2.24) is 5.32 Å². The summed E-state index contributed by atoms with van der Waals surface area (Å²) in [6.07, 6.45) is 8.42. The second kappa shape index (κ2) is 6.18. The summed E-state index contributed by atoms with van der Waals surface area (Å²) in [5.41, 5.74) is 3.91. The molecule has 114 valence electrons. The van der Waals surface area contributed by atoms with Gasteiger partial charge in [-0.05, 0) is 48.8 Å². The molecule has 0 aliphatic heterocycles. The zero-order valence-electron chi connectivity index (χ0n) is 12.7. The van der Waals surface area contributed by atoms with Gasteiger partial charge >= 0.3 is 0 Å². The number of carbonyl (C=O) groups is 1. The van der Waals surface area contributed by atoms with Crippen LogP contribution in [0.4, 0.5) is 0 Å². The lowest BCUT2D eigenvalue weighted by atomic mass is 9.87. The molecule has 1 aromatic rings. The fourth-order valence-corrected chi connectivity index (χ4v) is 3.78. The summed E-state index contributed by atoms with van der Waals surface area (Å²) in [5, 5.41) is 12.6. The standard InChI is InChI=1S/C18H25NO2/c20-13-18(8-1-2-9-18)12-19-17(21)11-14-6-7-15-4-3-5-16(15)10-14/h6-7,10,20H,1-5,8-9,11-13H2,(H,19,21). The number of fused-ring (bicyclic) bond motifs is 1. The van der Waals surface area contributed by atoms with Crippen molar-refractivity contribution in [2.45, 2.75) is 51.4 Å². The third kappa shape index (κ3) is 3.29. The van der Waals surface area contributed by atoms with Gasteiger partial charge in [0.15, 0.2) is 0 Å². The highest BCUT2D eigenvalue weighted by Gasteiger charge is 2.33. The van der Waals surface area contributed by atoms with E-state index in [9.17, 15) is 9.90 Å². The second-order valence-electron chi connectivity index (χ2n) is 6.78. The maximum Gasteiger partial charge on any atom is 0.224 e. The summed E-state index contributed by atoms with van der Waals surface area (Å²) in [6.45, 7) is 0.805. The van der Waals surface area contributed by atoms with E-state index in [1.807, 2.05) is 0 Å². The maximum absolute atomic E-state index is 12.1. The predicted molar refractivity (Wildman–Crippen MR) is 83.2 cm³/mol. The van der Waals surface area contributed by atoms with Crippen LogP contribution in [0.5, 0.6) is 0 Å². The molecule has 3 heteroatoms. The number of nitrogens with one attached hydrogen (secondary N) is 1. The number of rotatable bonds is 5. The lowest BCUT2D eigenvalue weighted by molar-refractivity contribution is -0.121. The van der Waals surface area contributed by atoms with E-state index in [0.717, 1.165) is 24.8 Å². The Morgan fingerprint density at radius 2 is 1.90 bits per heavy atom. The average molecular weight is 287 g/mol. The van der Waals surface area contributed by atoms with Crippen molar-refractivity contribution in [3.05, 3.63) is 34.9 Å². The molecule has 0 atom stereocenters. The van der Waals surface area contributed by atoms with Crippen molar-refractivity contribution < 1.29 is 9.90 Å². The highest BCUT2D eigenvalue weighted by Crippen LogP contribution is 2.36. The SMILES string of the molecule is O=C(Cc1ccc2c(c1)CCC2)NCC1(CO)CCCC1. The molecule has 0 bridgehead atoms. The summed E-state index contributed by atoms with van der Waals surface area (Å²) in [7, 11) is 0. The van der Waals surface area contributed by atoms with Crippen molar-refractivity contribution in [3.8, 4) is 0 Å². The van der Waals surface area contributed by atoms with Gasteiger partial charge in [0.1, 0.15) is 0 Å². The van der Waals surface area contributed by atoms with Crippen molar-refractivity contribution in [3.63, 3.8) is 0 Å². The molecular formula is C18H25NO2. The highest BCUT2D eigenvalue weighted by atomic mass is 16.3. The molecule has 2 aliphatic carbocycles. The van der Waals surface area contributed by atoms with E-state index < -0.39 is 0 Å². The minimum atomic E-state index is -0.0619. The number of benzene rings is 1. The Hall–Kier alpha value is -1.35. The summed E-state index contributed by atoms with van der Waals surface area (Å²) in [5.74, 6) is 0.0765. The quantitative estimate of drug-likeness (QED) is 0.873. The predicted octanol–water partition coefficient (Wildman–Crippen LogP) is 2.39. The van der Waals surface area contributed by atoms with Crippen LogP contribution in [0.2, 0.25) is 0 Å². The molecule has 1 fully saturated rings. The number of carbonyl (C=O) groups excluding carboxylic acids is 1. The minimum Gasteiger partial charge on any atom is -0.396 e. The molecule has 21 heavy (non-hydrogen) atoms.